The van der Waals surface area contributed by atoms with Crippen LogP contribution in [0.25, 0.3) is 17.0 Å². The van der Waals surface area contributed by atoms with Crippen molar-refractivity contribution in [2.75, 3.05) is 4.90 Å². The minimum Gasteiger partial charge on any atom is -0.287 e. The maximum atomic E-state index is 13.1. The van der Waals surface area contributed by atoms with Gasteiger partial charge < -0.3 is 0 Å². The number of urea groups is 1. The number of nitrogens with zero attached hydrogens (tertiary/aromatic N) is 2. The summed E-state index contributed by atoms with van der Waals surface area (Å²) >= 11 is 0. The Morgan fingerprint density at radius 1 is 1.00 bits per heavy atom. The molecular formula is C22H17N3O4. The molecule has 4 rings (SSSR count). The van der Waals surface area contributed by atoms with Gasteiger partial charge in [0.2, 0.25) is 5.91 Å². The number of aromatic nitrogens is 1. The van der Waals surface area contributed by atoms with Gasteiger partial charge in [-0.15, -0.1) is 0 Å². The van der Waals surface area contributed by atoms with Crippen LogP contribution in [0.15, 0.2) is 60.3 Å². The van der Waals surface area contributed by atoms with Crippen LogP contribution in [0.3, 0.4) is 0 Å². The molecule has 1 aliphatic rings. The summed E-state index contributed by atoms with van der Waals surface area (Å²) in [5.74, 6) is -1.68. The van der Waals surface area contributed by atoms with Gasteiger partial charge in [0.15, 0.2) is 0 Å². The van der Waals surface area contributed by atoms with E-state index in [4.69, 9.17) is 0 Å². The zero-order valence-electron chi connectivity index (χ0n) is 15.8. The van der Waals surface area contributed by atoms with Crippen LogP contribution in [-0.2, 0) is 9.59 Å². The van der Waals surface area contributed by atoms with Gasteiger partial charge in [0.25, 0.3) is 11.8 Å². The number of hydrogen-bond acceptors (Lipinski definition) is 4. The third-order valence-electron chi connectivity index (χ3n) is 4.84. The Morgan fingerprint density at radius 3 is 2.41 bits per heavy atom. The van der Waals surface area contributed by atoms with Gasteiger partial charge in [-0.05, 0) is 30.7 Å². The highest BCUT2D eigenvalue weighted by Gasteiger charge is 2.37. The zero-order chi connectivity index (χ0) is 20.7. The van der Waals surface area contributed by atoms with Crippen LogP contribution in [0.5, 0.6) is 0 Å². The van der Waals surface area contributed by atoms with E-state index >= 15 is 0 Å². The van der Waals surface area contributed by atoms with E-state index in [1.807, 2.05) is 0 Å². The molecule has 0 radical (unpaired) electrons. The number of carbonyl (C=O) groups is 4. The molecule has 0 saturated carbocycles. The second-order valence-electron chi connectivity index (χ2n) is 6.73. The van der Waals surface area contributed by atoms with Gasteiger partial charge in [-0.3, -0.25) is 24.3 Å². The molecule has 144 valence electrons. The third-order valence-corrected chi connectivity index (χ3v) is 4.84. The number of para-hydroxylation sites is 2. The first-order valence-electron chi connectivity index (χ1n) is 8.96. The van der Waals surface area contributed by atoms with E-state index in [0.29, 0.717) is 16.8 Å². The molecule has 3 aromatic rings. The molecular weight excluding hydrogens is 370 g/mol. The Bertz CT molecular complexity index is 1240. The maximum absolute atomic E-state index is 13.1. The van der Waals surface area contributed by atoms with Crippen molar-refractivity contribution in [2.24, 2.45) is 0 Å². The maximum Gasteiger partial charge on any atom is 0.335 e. The molecule has 0 aliphatic carbocycles. The first-order chi connectivity index (χ1) is 13.9. The Morgan fingerprint density at radius 2 is 1.69 bits per heavy atom. The van der Waals surface area contributed by atoms with E-state index in [1.165, 1.54) is 17.6 Å². The van der Waals surface area contributed by atoms with Gasteiger partial charge in [0, 0.05) is 24.1 Å². The Labute approximate surface area is 166 Å². The molecule has 2 aromatic carbocycles. The third kappa shape index (κ3) is 3.02. The molecule has 4 amide bonds. The van der Waals surface area contributed by atoms with Gasteiger partial charge in [-0.2, -0.15) is 0 Å². The van der Waals surface area contributed by atoms with Crippen LogP contribution in [0.1, 0.15) is 22.8 Å². The lowest BCUT2D eigenvalue weighted by atomic mass is 10.1. The highest BCUT2D eigenvalue weighted by Crippen LogP contribution is 2.27. The van der Waals surface area contributed by atoms with E-state index in [2.05, 4.69) is 5.32 Å². The monoisotopic (exact) mass is 387 g/mol. The Kier molecular flexibility index (Phi) is 4.35. The molecule has 7 heteroatoms. The van der Waals surface area contributed by atoms with E-state index in [-0.39, 0.29) is 11.5 Å². The average molecular weight is 387 g/mol. The SMILES string of the molecule is CC(=O)n1cc(C=C2C(=O)NC(=O)N(c3ccccc3C)C2=O)c2ccccc21. The fraction of sp³-hybridized carbons (Fsp3) is 0.0909. The highest BCUT2D eigenvalue weighted by atomic mass is 16.2. The number of aryl methyl sites for hydroxylation is 1. The Balaban J connectivity index is 1.85. The molecule has 7 nitrogen and oxygen atoms in total. The molecule has 1 N–H and O–H groups in total. The van der Waals surface area contributed by atoms with Crippen molar-refractivity contribution >= 4 is 46.4 Å². The van der Waals surface area contributed by atoms with Gasteiger partial charge >= 0.3 is 6.03 Å². The van der Waals surface area contributed by atoms with Crippen molar-refractivity contribution < 1.29 is 19.2 Å². The molecule has 1 saturated heterocycles. The molecule has 1 aliphatic heterocycles. The standard InChI is InChI=1S/C22H17N3O4/c1-13-7-3-5-9-18(13)25-21(28)17(20(27)23-22(25)29)11-15-12-24(14(2)26)19-10-6-4-8-16(15)19/h3-12H,1-2H3,(H,23,27,29). The number of amides is 4. The number of fused-ring (bicyclic) bond motifs is 1. The largest absolute Gasteiger partial charge is 0.335 e. The van der Waals surface area contributed by atoms with Gasteiger partial charge in [0.1, 0.15) is 5.57 Å². The van der Waals surface area contributed by atoms with Gasteiger partial charge in [-0.1, -0.05) is 36.4 Å². The first-order valence-corrected chi connectivity index (χ1v) is 8.96. The number of imide groups is 2. The van der Waals surface area contributed by atoms with E-state index in [0.717, 1.165) is 15.8 Å². The molecule has 1 aromatic heterocycles. The van der Waals surface area contributed by atoms with Crippen molar-refractivity contribution in [1.29, 1.82) is 0 Å². The van der Waals surface area contributed by atoms with Crippen LogP contribution in [0.2, 0.25) is 0 Å². The molecule has 0 spiro atoms. The lowest BCUT2D eigenvalue weighted by Gasteiger charge is -2.27. The molecule has 0 bridgehead atoms. The number of barbiturate groups is 1. The zero-order valence-corrected chi connectivity index (χ0v) is 15.8. The van der Waals surface area contributed by atoms with Crippen LogP contribution in [0, 0.1) is 6.92 Å². The van der Waals surface area contributed by atoms with E-state index in [1.54, 1.807) is 61.7 Å². The summed E-state index contributed by atoms with van der Waals surface area (Å²) in [5, 5.41) is 2.94. The molecule has 1 fully saturated rings. The molecule has 29 heavy (non-hydrogen) atoms. The number of anilines is 1. The average Bonchev–Trinajstić information content (AvgIpc) is 3.05. The summed E-state index contributed by atoms with van der Waals surface area (Å²) in [6.45, 7) is 3.20. The first kappa shape index (κ1) is 18.4. The second kappa shape index (κ2) is 6.87. The van der Waals surface area contributed by atoms with E-state index in [9.17, 15) is 19.2 Å². The van der Waals surface area contributed by atoms with Gasteiger partial charge in [0.05, 0.1) is 11.2 Å². The summed E-state index contributed by atoms with van der Waals surface area (Å²) < 4.78 is 1.46. The van der Waals surface area contributed by atoms with Crippen molar-refractivity contribution in [3.05, 3.63) is 71.4 Å². The summed E-state index contributed by atoms with van der Waals surface area (Å²) in [4.78, 5) is 50.8. The quantitative estimate of drug-likeness (QED) is 0.540. The molecule has 2 heterocycles. The highest BCUT2D eigenvalue weighted by molar-refractivity contribution is 6.39. The summed E-state index contributed by atoms with van der Waals surface area (Å²) in [6, 6.07) is 13.3. The van der Waals surface area contributed by atoms with Crippen molar-refractivity contribution in [2.45, 2.75) is 13.8 Å². The second-order valence-corrected chi connectivity index (χ2v) is 6.73. The minimum absolute atomic E-state index is 0.181. The molecule has 0 unspecified atom stereocenters. The number of hydrogen-bond donors (Lipinski definition) is 1. The fourth-order valence-corrected chi connectivity index (χ4v) is 3.43. The lowest BCUT2D eigenvalue weighted by molar-refractivity contribution is -0.122. The van der Waals surface area contributed by atoms with Crippen LogP contribution in [0.4, 0.5) is 10.5 Å². The summed E-state index contributed by atoms with van der Waals surface area (Å²) in [6.07, 6.45) is 2.99. The molecule has 0 atom stereocenters. The smallest absolute Gasteiger partial charge is 0.287 e. The lowest BCUT2D eigenvalue weighted by Crippen LogP contribution is -2.54. The fourth-order valence-electron chi connectivity index (χ4n) is 3.43. The normalized spacial score (nSPS) is 15.9. The summed E-state index contributed by atoms with van der Waals surface area (Å²) in [7, 11) is 0. The summed E-state index contributed by atoms with van der Waals surface area (Å²) in [5.41, 5.74) is 2.15. The van der Waals surface area contributed by atoms with E-state index < -0.39 is 17.8 Å². The van der Waals surface area contributed by atoms with Crippen LogP contribution >= 0.6 is 0 Å². The van der Waals surface area contributed by atoms with Crippen molar-refractivity contribution in [3.8, 4) is 0 Å². The van der Waals surface area contributed by atoms with Crippen LogP contribution in [-0.4, -0.2) is 28.3 Å². The topological polar surface area (TPSA) is 88.5 Å². The van der Waals surface area contributed by atoms with Gasteiger partial charge in [-0.25, -0.2) is 9.69 Å². The minimum atomic E-state index is -0.794. The van der Waals surface area contributed by atoms with Crippen molar-refractivity contribution in [1.82, 2.24) is 9.88 Å². The number of carbonyl (C=O) groups excluding carboxylic acids is 4. The predicted molar refractivity (Wildman–Crippen MR) is 108 cm³/mol. The predicted octanol–water partition coefficient (Wildman–Crippen LogP) is 3.28. The number of nitrogens with one attached hydrogen (secondary N) is 1. The number of benzene rings is 2. The Hall–Kier alpha value is -4.00. The number of rotatable bonds is 2. The van der Waals surface area contributed by atoms with Crippen molar-refractivity contribution in [3.63, 3.8) is 0 Å². The van der Waals surface area contributed by atoms with Crippen LogP contribution < -0.4 is 10.2 Å².